The molecule has 0 radical (unpaired) electrons. The minimum Gasteiger partial charge on any atom is -0.0804 e. The Morgan fingerprint density at radius 3 is 2.63 bits per heavy atom. The van der Waals surface area contributed by atoms with Crippen LogP contribution < -0.4 is 0 Å². The van der Waals surface area contributed by atoms with Gasteiger partial charge in [-0.2, -0.15) is 0 Å². The van der Waals surface area contributed by atoms with Gasteiger partial charge < -0.3 is 0 Å². The first-order valence-electron chi connectivity index (χ1n) is 8.02. The van der Waals surface area contributed by atoms with E-state index in [2.05, 4.69) is 37.8 Å². The maximum absolute atomic E-state index is 2.68. The van der Waals surface area contributed by atoms with Crippen LogP contribution in [0.5, 0.6) is 0 Å². The van der Waals surface area contributed by atoms with Crippen LogP contribution >= 0.6 is 0 Å². The molecule has 4 aliphatic rings. The van der Waals surface area contributed by atoms with Crippen LogP contribution in [0.4, 0.5) is 0 Å². The zero-order valence-corrected chi connectivity index (χ0v) is 13.2. The van der Waals surface area contributed by atoms with Crippen molar-refractivity contribution in [3.8, 4) is 0 Å². The van der Waals surface area contributed by atoms with E-state index in [9.17, 15) is 0 Å². The van der Waals surface area contributed by atoms with Crippen LogP contribution in [0.2, 0.25) is 12.1 Å². The van der Waals surface area contributed by atoms with Gasteiger partial charge in [-0.15, -0.1) is 0 Å². The predicted molar refractivity (Wildman–Crippen MR) is 84.6 cm³/mol. The van der Waals surface area contributed by atoms with Crippen LogP contribution in [-0.2, 0) is 0 Å². The molecule has 0 spiro atoms. The number of hydrogen-bond donors (Lipinski definition) is 0. The van der Waals surface area contributed by atoms with Crippen molar-refractivity contribution in [2.24, 2.45) is 5.92 Å². The SMILES string of the molecule is CC1=CC(C2=CC=CC2)C2=C1[Si]2(C)C1CCCCC1. The average molecular weight is 268 g/mol. The highest BCUT2D eigenvalue weighted by Gasteiger charge is 2.60. The van der Waals surface area contributed by atoms with E-state index in [-0.39, 0.29) is 0 Å². The highest BCUT2D eigenvalue weighted by molar-refractivity contribution is 7.04. The highest BCUT2D eigenvalue weighted by Crippen LogP contribution is 2.64. The van der Waals surface area contributed by atoms with Crippen LogP contribution in [0.1, 0.15) is 45.4 Å². The van der Waals surface area contributed by atoms with Crippen molar-refractivity contribution in [1.29, 1.82) is 0 Å². The maximum atomic E-state index is 2.68. The summed E-state index contributed by atoms with van der Waals surface area (Å²) in [6.07, 6.45) is 18.2. The lowest BCUT2D eigenvalue weighted by Crippen LogP contribution is -2.31. The van der Waals surface area contributed by atoms with Gasteiger partial charge in [-0.1, -0.05) is 84.5 Å². The Morgan fingerprint density at radius 2 is 1.95 bits per heavy atom. The molecule has 19 heavy (non-hydrogen) atoms. The monoisotopic (exact) mass is 268 g/mol. The third-order valence-corrected chi connectivity index (χ3v) is 11.4. The fourth-order valence-corrected chi connectivity index (χ4v) is 11.0. The molecule has 0 aromatic carbocycles. The molecule has 0 aromatic heterocycles. The van der Waals surface area contributed by atoms with Crippen molar-refractivity contribution in [3.05, 3.63) is 45.8 Å². The fourth-order valence-electron chi connectivity index (χ4n) is 5.02. The molecule has 1 fully saturated rings. The number of rotatable bonds is 2. The Balaban J connectivity index is 1.61. The Bertz CT molecular complexity index is 540. The summed E-state index contributed by atoms with van der Waals surface area (Å²) in [6, 6.07) is 0. The van der Waals surface area contributed by atoms with Crippen LogP contribution in [0.15, 0.2) is 45.8 Å². The van der Waals surface area contributed by atoms with Gasteiger partial charge in [-0.05, 0) is 18.9 Å². The second-order valence-corrected chi connectivity index (χ2v) is 11.3. The molecule has 100 valence electrons. The molecule has 0 nitrogen and oxygen atoms in total. The van der Waals surface area contributed by atoms with E-state index < -0.39 is 8.07 Å². The van der Waals surface area contributed by atoms with Gasteiger partial charge in [0.1, 0.15) is 8.07 Å². The van der Waals surface area contributed by atoms with Gasteiger partial charge in [-0.25, -0.2) is 0 Å². The van der Waals surface area contributed by atoms with Crippen LogP contribution in [0, 0.1) is 5.92 Å². The highest BCUT2D eigenvalue weighted by atomic mass is 28.3. The van der Waals surface area contributed by atoms with Gasteiger partial charge >= 0.3 is 0 Å². The lowest BCUT2D eigenvalue weighted by atomic mass is 9.99. The molecule has 4 rings (SSSR count). The predicted octanol–water partition coefficient (Wildman–Crippen LogP) is 5.25. The zero-order valence-electron chi connectivity index (χ0n) is 12.2. The summed E-state index contributed by atoms with van der Waals surface area (Å²) < 4.78 is 0. The van der Waals surface area contributed by atoms with E-state index in [0.29, 0.717) is 5.92 Å². The lowest BCUT2D eigenvalue weighted by molar-refractivity contribution is 0.495. The second kappa shape index (κ2) is 4.08. The van der Waals surface area contributed by atoms with Gasteiger partial charge in [0.25, 0.3) is 0 Å². The van der Waals surface area contributed by atoms with Crippen molar-refractivity contribution < 1.29 is 0 Å². The quantitative estimate of drug-likeness (QED) is 0.600. The molecule has 1 heteroatoms. The molecule has 0 bridgehead atoms. The average Bonchev–Trinajstić information content (AvgIpc) is 2.82. The molecular formula is C18H24Si. The summed E-state index contributed by atoms with van der Waals surface area (Å²) in [5.74, 6) is 0.712. The number of hydrogen-bond acceptors (Lipinski definition) is 0. The summed E-state index contributed by atoms with van der Waals surface area (Å²) in [5.41, 5.74) is 4.39. The first-order valence-corrected chi connectivity index (χ1v) is 10.6. The molecule has 2 atom stereocenters. The van der Waals surface area contributed by atoms with E-state index in [1.807, 2.05) is 10.4 Å². The summed E-state index contributed by atoms with van der Waals surface area (Å²) in [4.78, 5) is 0. The van der Waals surface area contributed by atoms with Crippen molar-refractivity contribution in [3.63, 3.8) is 0 Å². The fraction of sp³-hybridized carbons (Fsp3) is 0.556. The van der Waals surface area contributed by atoms with Crippen molar-refractivity contribution >= 4 is 8.07 Å². The minimum absolute atomic E-state index is 0.712. The van der Waals surface area contributed by atoms with E-state index in [1.54, 1.807) is 11.1 Å². The first kappa shape index (κ1) is 12.0. The van der Waals surface area contributed by atoms with Gasteiger partial charge in [0.15, 0.2) is 0 Å². The Labute approximate surface area is 118 Å². The molecule has 2 unspecified atom stereocenters. The molecule has 0 saturated heterocycles. The Kier molecular flexibility index (Phi) is 2.57. The summed E-state index contributed by atoms with van der Waals surface area (Å²) in [7, 11) is -1.15. The summed E-state index contributed by atoms with van der Waals surface area (Å²) in [6.45, 7) is 5.06. The molecule has 1 heterocycles. The third-order valence-electron chi connectivity index (χ3n) is 6.03. The molecule has 3 aliphatic carbocycles. The van der Waals surface area contributed by atoms with Gasteiger partial charge in [-0.3, -0.25) is 0 Å². The van der Waals surface area contributed by atoms with Crippen LogP contribution in [0.25, 0.3) is 0 Å². The normalized spacial score (nSPS) is 37.5. The van der Waals surface area contributed by atoms with Gasteiger partial charge in [0, 0.05) is 5.92 Å². The molecular weight excluding hydrogens is 244 g/mol. The van der Waals surface area contributed by atoms with Gasteiger partial charge in [0.2, 0.25) is 0 Å². The van der Waals surface area contributed by atoms with Crippen molar-refractivity contribution in [2.75, 3.05) is 0 Å². The Morgan fingerprint density at radius 1 is 1.16 bits per heavy atom. The van der Waals surface area contributed by atoms with Crippen LogP contribution in [-0.4, -0.2) is 8.07 Å². The summed E-state index contributed by atoms with van der Waals surface area (Å²) in [5, 5.41) is 3.82. The standard InChI is InChI=1S/C18H24Si/c1-13-12-16(14-8-6-7-9-14)18-17(13)19(18,2)15-10-4-3-5-11-15/h6-8,12,15-16H,3-5,9-11H2,1-2H3. The lowest BCUT2D eigenvalue weighted by Gasteiger charge is -2.32. The zero-order chi connectivity index (χ0) is 13.0. The molecule has 0 amide bonds. The first-order chi connectivity index (χ1) is 9.23. The largest absolute Gasteiger partial charge is 0.114 e. The van der Waals surface area contributed by atoms with E-state index in [0.717, 1.165) is 5.54 Å². The third kappa shape index (κ3) is 1.57. The smallest absolute Gasteiger partial charge is 0.0804 e. The van der Waals surface area contributed by atoms with Crippen LogP contribution in [0.3, 0.4) is 0 Å². The van der Waals surface area contributed by atoms with Crippen molar-refractivity contribution in [2.45, 2.75) is 57.5 Å². The molecule has 1 saturated carbocycles. The minimum atomic E-state index is -1.15. The van der Waals surface area contributed by atoms with E-state index in [1.165, 1.54) is 38.5 Å². The van der Waals surface area contributed by atoms with Crippen molar-refractivity contribution in [1.82, 2.24) is 0 Å². The maximum Gasteiger partial charge on any atom is 0.114 e. The Hall–Kier alpha value is -0.823. The van der Waals surface area contributed by atoms with Gasteiger partial charge in [0.05, 0.1) is 0 Å². The second-order valence-electron chi connectivity index (χ2n) is 7.03. The number of allylic oxidation sites excluding steroid dienone is 8. The molecule has 1 aliphatic heterocycles. The van der Waals surface area contributed by atoms with E-state index >= 15 is 0 Å². The molecule has 0 N–H and O–H groups in total. The summed E-state index contributed by atoms with van der Waals surface area (Å²) >= 11 is 0. The van der Waals surface area contributed by atoms with E-state index in [4.69, 9.17) is 0 Å². The molecule has 0 aromatic rings. The topological polar surface area (TPSA) is 0 Å².